The van der Waals surface area contributed by atoms with E-state index in [9.17, 15) is 4.79 Å². The van der Waals surface area contributed by atoms with E-state index in [4.69, 9.17) is 4.74 Å². The lowest BCUT2D eigenvalue weighted by Gasteiger charge is -2.27. The standard InChI is InChI=1S/C15H22N2O2.ClH/c1-2-3-12-19-14-6-4-13(5-7-14)15(18)17-10-8-16-9-11-17;/h4-7,16H,2-3,8-12H2,1H3;1H. The molecule has 1 N–H and O–H groups in total. The number of unbranched alkanes of at least 4 members (excludes halogenated alkanes) is 1. The van der Waals surface area contributed by atoms with Crippen molar-refractivity contribution in [2.45, 2.75) is 19.8 Å². The zero-order chi connectivity index (χ0) is 13.5. The van der Waals surface area contributed by atoms with Gasteiger partial charge in [-0.15, -0.1) is 12.4 Å². The lowest BCUT2D eigenvalue weighted by molar-refractivity contribution is 0.0736. The SMILES string of the molecule is CCCCOc1ccc(C(=O)N2CCNCC2)cc1.Cl. The smallest absolute Gasteiger partial charge is 0.253 e. The molecule has 4 nitrogen and oxygen atoms in total. The molecule has 112 valence electrons. The number of hydrogen-bond donors (Lipinski definition) is 1. The third-order valence-electron chi connectivity index (χ3n) is 3.27. The van der Waals surface area contributed by atoms with Crippen molar-refractivity contribution in [2.24, 2.45) is 0 Å². The molecule has 1 fully saturated rings. The summed E-state index contributed by atoms with van der Waals surface area (Å²) in [5, 5.41) is 3.24. The molecule has 0 spiro atoms. The zero-order valence-corrected chi connectivity index (χ0v) is 12.7. The number of carbonyl (C=O) groups excluding carboxylic acids is 1. The number of nitrogens with one attached hydrogen (secondary N) is 1. The first-order chi connectivity index (χ1) is 9.31. The van der Waals surface area contributed by atoms with Gasteiger partial charge in [0.15, 0.2) is 0 Å². The van der Waals surface area contributed by atoms with Crippen LogP contribution in [0.15, 0.2) is 24.3 Å². The number of hydrogen-bond acceptors (Lipinski definition) is 3. The number of carbonyl (C=O) groups is 1. The van der Waals surface area contributed by atoms with Gasteiger partial charge < -0.3 is 15.0 Å². The van der Waals surface area contributed by atoms with E-state index in [1.54, 1.807) is 0 Å². The van der Waals surface area contributed by atoms with Crippen molar-refractivity contribution in [3.63, 3.8) is 0 Å². The number of halogens is 1. The second-order valence-electron chi connectivity index (χ2n) is 4.77. The van der Waals surface area contributed by atoms with E-state index in [1.165, 1.54) is 0 Å². The molecule has 2 rings (SSSR count). The predicted octanol–water partition coefficient (Wildman–Crippen LogP) is 2.33. The summed E-state index contributed by atoms with van der Waals surface area (Å²) >= 11 is 0. The van der Waals surface area contributed by atoms with Crippen LogP contribution >= 0.6 is 12.4 Å². The molecule has 1 saturated heterocycles. The number of benzene rings is 1. The molecular weight excluding hydrogens is 276 g/mol. The molecule has 0 aliphatic carbocycles. The van der Waals surface area contributed by atoms with Gasteiger partial charge in [0.05, 0.1) is 6.61 Å². The second-order valence-corrected chi connectivity index (χ2v) is 4.77. The highest BCUT2D eigenvalue weighted by Crippen LogP contribution is 2.14. The summed E-state index contributed by atoms with van der Waals surface area (Å²) in [4.78, 5) is 14.1. The van der Waals surface area contributed by atoms with Crippen LogP contribution in [0.5, 0.6) is 5.75 Å². The van der Waals surface area contributed by atoms with Crippen LogP contribution in [0.1, 0.15) is 30.1 Å². The minimum atomic E-state index is 0. The van der Waals surface area contributed by atoms with Crippen LogP contribution in [0.4, 0.5) is 0 Å². The molecule has 0 saturated carbocycles. The van der Waals surface area contributed by atoms with Gasteiger partial charge >= 0.3 is 0 Å². The number of nitrogens with zero attached hydrogens (tertiary/aromatic N) is 1. The summed E-state index contributed by atoms with van der Waals surface area (Å²) in [6.07, 6.45) is 2.18. The van der Waals surface area contributed by atoms with Crippen molar-refractivity contribution in [3.05, 3.63) is 29.8 Å². The van der Waals surface area contributed by atoms with E-state index in [0.29, 0.717) is 0 Å². The maximum absolute atomic E-state index is 12.2. The molecule has 0 atom stereocenters. The highest BCUT2D eigenvalue weighted by atomic mass is 35.5. The van der Waals surface area contributed by atoms with Crippen LogP contribution in [-0.4, -0.2) is 43.6 Å². The van der Waals surface area contributed by atoms with Crippen molar-refractivity contribution in [3.8, 4) is 5.75 Å². The molecule has 1 aliphatic heterocycles. The summed E-state index contributed by atoms with van der Waals surface area (Å²) in [5.41, 5.74) is 0.741. The van der Waals surface area contributed by atoms with Gasteiger partial charge in [-0.25, -0.2) is 0 Å². The van der Waals surface area contributed by atoms with Crippen molar-refractivity contribution in [2.75, 3.05) is 32.8 Å². The topological polar surface area (TPSA) is 41.6 Å². The van der Waals surface area contributed by atoms with Crippen molar-refractivity contribution >= 4 is 18.3 Å². The lowest BCUT2D eigenvalue weighted by atomic mass is 10.2. The summed E-state index contributed by atoms with van der Waals surface area (Å²) < 4.78 is 5.59. The van der Waals surface area contributed by atoms with Crippen LogP contribution in [0.25, 0.3) is 0 Å². The summed E-state index contributed by atoms with van der Waals surface area (Å²) in [6, 6.07) is 7.47. The summed E-state index contributed by atoms with van der Waals surface area (Å²) in [6.45, 7) is 6.20. The van der Waals surface area contributed by atoms with Crippen molar-refractivity contribution in [1.82, 2.24) is 10.2 Å². The average Bonchev–Trinajstić information content (AvgIpc) is 2.48. The number of rotatable bonds is 5. The Kier molecular flexibility index (Phi) is 7.41. The van der Waals surface area contributed by atoms with Gasteiger partial charge in [-0.2, -0.15) is 0 Å². The Morgan fingerprint density at radius 1 is 1.25 bits per heavy atom. The van der Waals surface area contributed by atoms with Crippen molar-refractivity contribution in [1.29, 1.82) is 0 Å². The van der Waals surface area contributed by atoms with Crippen LogP contribution in [-0.2, 0) is 0 Å². The first kappa shape index (κ1) is 16.8. The first-order valence-electron chi connectivity index (χ1n) is 7.04. The second kappa shape index (κ2) is 8.82. The fraction of sp³-hybridized carbons (Fsp3) is 0.533. The minimum absolute atomic E-state index is 0. The summed E-state index contributed by atoms with van der Waals surface area (Å²) in [7, 11) is 0. The van der Waals surface area contributed by atoms with Crippen molar-refractivity contribution < 1.29 is 9.53 Å². The Hall–Kier alpha value is -1.26. The Labute approximate surface area is 126 Å². The Morgan fingerprint density at radius 3 is 2.50 bits per heavy atom. The monoisotopic (exact) mass is 298 g/mol. The van der Waals surface area contributed by atoms with Gasteiger partial charge in [0, 0.05) is 31.7 Å². The largest absolute Gasteiger partial charge is 0.494 e. The van der Waals surface area contributed by atoms with E-state index in [0.717, 1.165) is 56.9 Å². The molecule has 1 aliphatic rings. The third kappa shape index (κ3) is 4.69. The number of amides is 1. The molecule has 1 amide bonds. The molecule has 0 radical (unpaired) electrons. The highest BCUT2D eigenvalue weighted by Gasteiger charge is 2.17. The van der Waals surface area contributed by atoms with E-state index in [2.05, 4.69) is 12.2 Å². The van der Waals surface area contributed by atoms with E-state index in [-0.39, 0.29) is 18.3 Å². The van der Waals surface area contributed by atoms with Gasteiger partial charge in [0.25, 0.3) is 5.91 Å². The molecule has 0 aromatic heterocycles. The molecule has 1 aromatic rings. The minimum Gasteiger partial charge on any atom is -0.494 e. The van der Waals surface area contributed by atoms with Crippen LogP contribution in [0.3, 0.4) is 0 Å². The van der Waals surface area contributed by atoms with Gasteiger partial charge in [-0.3, -0.25) is 4.79 Å². The average molecular weight is 299 g/mol. The van der Waals surface area contributed by atoms with Crippen LogP contribution < -0.4 is 10.1 Å². The van der Waals surface area contributed by atoms with Gasteiger partial charge in [-0.05, 0) is 30.7 Å². The third-order valence-corrected chi connectivity index (χ3v) is 3.27. The molecule has 0 bridgehead atoms. The number of ether oxygens (including phenoxy) is 1. The Bertz CT molecular complexity index is 403. The maximum Gasteiger partial charge on any atom is 0.253 e. The normalized spacial score (nSPS) is 14.6. The van der Waals surface area contributed by atoms with Gasteiger partial charge in [0.1, 0.15) is 5.75 Å². The Morgan fingerprint density at radius 2 is 1.90 bits per heavy atom. The lowest BCUT2D eigenvalue weighted by Crippen LogP contribution is -2.46. The molecule has 5 heteroatoms. The molecular formula is C15H23ClN2O2. The number of piperazine rings is 1. The zero-order valence-electron chi connectivity index (χ0n) is 11.9. The summed E-state index contributed by atoms with van der Waals surface area (Å²) in [5.74, 6) is 0.951. The fourth-order valence-corrected chi connectivity index (χ4v) is 2.08. The van der Waals surface area contributed by atoms with Gasteiger partial charge in [-0.1, -0.05) is 13.3 Å². The molecule has 1 heterocycles. The first-order valence-corrected chi connectivity index (χ1v) is 7.04. The fourth-order valence-electron chi connectivity index (χ4n) is 2.08. The highest BCUT2D eigenvalue weighted by molar-refractivity contribution is 5.94. The van der Waals surface area contributed by atoms with E-state index >= 15 is 0 Å². The van der Waals surface area contributed by atoms with E-state index < -0.39 is 0 Å². The quantitative estimate of drug-likeness (QED) is 0.848. The molecule has 20 heavy (non-hydrogen) atoms. The Balaban J connectivity index is 0.00000200. The predicted molar refractivity (Wildman–Crippen MR) is 82.9 cm³/mol. The van der Waals surface area contributed by atoms with Gasteiger partial charge in [0.2, 0.25) is 0 Å². The maximum atomic E-state index is 12.2. The van der Waals surface area contributed by atoms with E-state index in [1.807, 2.05) is 29.2 Å². The van der Waals surface area contributed by atoms with Crippen LogP contribution in [0.2, 0.25) is 0 Å². The van der Waals surface area contributed by atoms with Crippen LogP contribution in [0, 0.1) is 0 Å². The molecule has 1 aromatic carbocycles. The molecule has 0 unspecified atom stereocenters.